The van der Waals surface area contributed by atoms with Crippen molar-refractivity contribution in [3.8, 4) is 0 Å². The average molecular weight is 425 g/mol. The number of anilines is 1. The highest BCUT2D eigenvalue weighted by Crippen LogP contribution is 2.24. The van der Waals surface area contributed by atoms with Crippen LogP contribution in [-0.2, 0) is 16.0 Å². The molecule has 0 amide bonds. The number of aryl methyl sites for hydroxylation is 1. The first-order valence-corrected chi connectivity index (χ1v) is 9.05. The Balaban J connectivity index is 1.96. The molecule has 2 rings (SSSR count). The van der Waals surface area contributed by atoms with Gasteiger partial charge in [-0.2, -0.15) is 0 Å². The van der Waals surface area contributed by atoms with Crippen molar-refractivity contribution in [1.82, 2.24) is 0 Å². The predicted molar refractivity (Wildman–Crippen MR) is 103 cm³/mol. The lowest BCUT2D eigenvalue weighted by Gasteiger charge is -2.12. The van der Waals surface area contributed by atoms with Gasteiger partial charge in [0.1, 0.15) is 0 Å². The summed E-state index contributed by atoms with van der Waals surface area (Å²) in [4.78, 5) is 23.6. The summed E-state index contributed by atoms with van der Waals surface area (Å²) >= 11 is 9.28. The number of carbonyl (C=O) groups is 2. The van der Waals surface area contributed by atoms with Gasteiger partial charge in [0, 0.05) is 22.1 Å². The van der Waals surface area contributed by atoms with E-state index in [2.05, 4.69) is 26.0 Å². The molecular weight excluding hydrogens is 406 g/mol. The second-order valence-electron chi connectivity index (χ2n) is 5.49. The number of ketones is 1. The zero-order valence-electron chi connectivity index (χ0n) is 13.9. The molecule has 0 bridgehead atoms. The molecule has 0 radical (unpaired) electrons. The Morgan fingerprint density at radius 3 is 2.68 bits per heavy atom. The largest absolute Gasteiger partial charge is 0.469 e. The smallest absolute Gasteiger partial charge is 0.305 e. The number of hydrogen-bond donors (Lipinski definition) is 1. The summed E-state index contributed by atoms with van der Waals surface area (Å²) in [6, 6.07) is 12.9. The van der Waals surface area contributed by atoms with Crippen molar-refractivity contribution in [1.29, 1.82) is 0 Å². The van der Waals surface area contributed by atoms with Crippen LogP contribution in [0.25, 0.3) is 0 Å². The quantitative estimate of drug-likeness (QED) is 0.484. The molecule has 0 aliphatic carbocycles. The Morgan fingerprint density at radius 2 is 1.96 bits per heavy atom. The number of benzene rings is 2. The number of ether oxygens (including phenoxy) is 1. The second-order valence-corrected chi connectivity index (χ2v) is 6.75. The highest BCUT2D eigenvalue weighted by molar-refractivity contribution is 9.10. The minimum Gasteiger partial charge on any atom is -0.469 e. The molecule has 0 aliphatic rings. The molecule has 2 aromatic rings. The van der Waals surface area contributed by atoms with E-state index in [0.717, 1.165) is 17.7 Å². The number of methoxy groups -OCH3 is 1. The fourth-order valence-electron chi connectivity index (χ4n) is 2.38. The zero-order chi connectivity index (χ0) is 18.2. The van der Waals surface area contributed by atoms with E-state index in [1.807, 2.05) is 24.3 Å². The molecule has 6 heteroatoms. The summed E-state index contributed by atoms with van der Waals surface area (Å²) < 4.78 is 5.35. The average Bonchev–Trinajstić information content (AvgIpc) is 2.62. The third-order valence-electron chi connectivity index (χ3n) is 3.75. The van der Waals surface area contributed by atoms with Crippen molar-refractivity contribution < 1.29 is 14.3 Å². The number of esters is 1. The molecule has 1 N–H and O–H groups in total. The van der Waals surface area contributed by atoms with E-state index in [9.17, 15) is 9.59 Å². The van der Waals surface area contributed by atoms with Crippen molar-refractivity contribution in [2.24, 2.45) is 0 Å². The van der Waals surface area contributed by atoms with Crippen LogP contribution in [0.2, 0.25) is 5.02 Å². The van der Waals surface area contributed by atoms with Crippen molar-refractivity contribution in [2.75, 3.05) is 19.0 Å². The Hall–Kier alpha value is -1.85. The maximum atomic E-state index is 12.3. The van der Waals surface area contributed by atoms with E-state index in [1.54, 1.807) is 18.2 Å². The molecule has 0 aliphatic heterocycles. The van der Waals surface area contributed by atoms with Gasteiger partial charge in [-0.25, -0.2) is 0 Å². The summed E-state index contributed by atoms with van der Waals surface area (Å²) in [6.07, 6.45) is 1.81. The second kappa shape index (κ2) is 9.59. The third kappa shape index (κ3) is 5.87. The van der Waals surface area contributed by atoms with Crippen LogP contribution in [0, 0.1) is 0 Å². The zero-order valence-corrected chi connectivity index (χ0v) is 16.2. The highest BCUT2D eigenvalue weighted by Gasteiger charge is 2.10. The first-order chi connectivity index (χ1) is 12.0. The van der Waals surface area contributed by atoms with Gasteiger partial charge in [0.15, 0.2) is 5.78 Å². The van der Waals surface area contributed by atoms with Crippen LogP contribution in [0.15, 0.2) is 46.9 Å². The number of rotatable bonds is 8. The third-order valence-corrected chi connectivity index (χ3v) is 4.97. The molecule has 0 heterocycles. The van der Waals surface area contributed by atoms with Crippen LogP contribution in [-0.4, -0.2) is 25.4 Å². The van der Waals surface area contributed by atoms with Crippen molar-refractivity contribution in [3.63, 3.8) is 0 Å². The fourth-order valence-corrected chi connectivity index (χ4v) is 2.88. The number of halogens is 2. The van der Waals surface area contributed by atoms with Gasteiger partial charge in [-0.05, 0) is 58.6 Å². The normalized spacial score (nSPS) is 10.4. The van der Waals surface area contributed by atoms with Crippen LogP contribution in [0.1, 0.15) is 28.8 Å². The molecule has 4 nitrogen and oxygen atoms in total. The van der Waals surface area contributed by atoms with Crippen LogP contribution in [0.3, 0.4) is 0 Å². The van der Waals surface area contributed by atoms with E-state index < -0.39 is 0 Å². The number of nitrogens with one attached hydrogen (secondary N) is 1. The van der Waals surface area contributed by atoms with E-state index in [1.165, 1.54) is 7.11 Å². The molecule has 0 spiro atoms. The van der Waals surface area contributed by atoms with Crippen molar-refractivity contribution in [3.05, 3.63) is 63.1 Å². The van der Waals surface area contributed by atoms with Gasteiger partial charge < -0.3 is 10.1 Å². The molecule has 25 heavy (non-hydrogen) atoms. The monoisotopic (exact) mass is 423 g/mol. The Kier molecular flexibility index (Phi) is 7.47. The lowest BCUT2D eigenvalue weighted by Crippen LogP contribution is -2.15. The maximum Gasteiger partial charge on any atom is 0.305 e. The van der Waals surface area contributed by atoms with Gasteiger partial charge in [-0.3, -0.25) is 9.59 Å². The maximum absolute atomic E-state index is 12.3. The molecule has 0 aromatic heterocycles. The van der Waals surface area contributed by atoms with E-state index in [-0.39, 0.29) is 18.3 Å². The Morgan fingerprint density at radius 1 is 1.20 bits per heavy atom. The van der Waals surface area contributed by atoms with E-state index in [0.29, 0.717) is 27.9 Å². The van der Waals surface area contributed by atoms with E-state index in [4.69, 9.17) is 11.6 Å². The summed E-state index contributed by atoms with van der Waals surface area (Å²) in [6.45, 7) is 0.183. The van der Waals surface area contributed by atoms with Crippen molar-refractivity contribution in [2.45, 2.75) is 19.3 Å². The van der Waals surface area contributed by atoms with E-state index >= 15 is 0 Å². The Labute approximate surface area is 160 Å². The van der Waals surface area contributed by atoms with Crippen molar-refractivity contribution >= 4 is 45.0 Å². The number of hydrogen-bond acceptors (Lipinski definition) is 4. The number of para-hydroxylation sites is 1. The van der Waals surface area contributed by atoms with Gasteiger partial charge in [0.2, 0.25) is 0 Å². The molecular formula is C19H19BrClNO3. The summed E-state index contributed by atoms with van der Waals surface area (Å²) in [5.41, 5.74) is 2.55. The predicted octanol–water partition coefficient (Wildman–Crippen LogP) is 4.89. The molecule has 132 valence electrons. The van der Waals surface area contributed by atoms with Gasteiger partial charge in [-0.1, -0.05) is 29.8 Å². The summed E-state index contributed by atoms with van der Waals surface area (Å²) in [7, 11) is 1.39. The first-order valence-electron chi connectivity index (χ1n) is 7.88. The SMILES string of the molecule is COC(=O)CCCc1ccccc1NCC(=O)c1ccc(Cl)c(Br)c1. The lowest BCUT2D eigenvalue weighted by atomic mass is 10.1. The molecule has 2 aromatic carbocycles. The fraction of sp³-hybridized carbons (Fsp3) is 0.263. The van der Waals surface area contributed by atoms with Gasteiger partial charge in [0.05, 0.1) is 18.7 Å². The van der Waals surface area contributed by atoms with Gasteiger partial charge in [-0.15, -0.1) is 0 Å². The van der Waals surface area contributed by atoms with Gasteiger partial charge >= 0.3 is 5.97 Å². The highest BCUT2D eigenvalue weighted by atomic mass is 79.9. The Bertz CT molecular complexity index is 764. The lowest BCUT2D eigenvalue weighted by molar-refractivity contribution is -0.140. The summed E-state index contributed by atoms with van der Waals surface area (Å²) in [5.74, 6) is -0.240. The van der Waals surface area contributed by atoms with Crippen LogP contribution in [0.5, 0.6) is 0 Å². The topological polar surface area (TPSA) is 55.4 Å². The summed E-state index contributed by atoms with van der Waals surface area (Å²) in [5, 5.41) is 3.75. The number of Topliss-reactive ketones (excluding diaryl/α,β-unsaturated/α-hetero) is 1. The van der Waals surface area contributed by atoms with Gasteiger partial charge in [0.25, 0.3) is 0 Å². The van der Waals surface area contributed by atoms with Crippen LogP contribution >= 0.6 is 27.5 Å². The molecule has 0 unspecified atom stereocenters. The molecule has 0 fully saturated rings. The molecule has 0 atom stereocenters. The number of carbonyl (C=O) groups excluding carboxylic acids is 2. The first kappa shape index (κ1) is 19.5. The van der Waals surface area contributed by atoms with Crippen LogP contribution < -0.4 is 5.32 Å². The minimum atomic E-state index is -0.214. The molecule has 0 saturated carbocycles. The standard InChI is InChI=1S/C19H19BrClNO3/c1-25-19(24)8-4-6-13-5-2-3-7-17(13)22-12-18(23)14-9-10-16(21)15(20)11-14/h2-3,5,7,9-11,22H,4,6,8,12H2,1H3. The molecule has 0 saturated heterocycles. The minimum absolute atomic E-state index is 0.0262. The van der Waals surface area contributed by atoms with Crippen LogP contribution in [0.4, 0.5) is 5.69 Å².